The molecule has 0 saturated carbocycles. The van der Waals surface area contributed by atoms with Crippen LogP contribution in [-0.4, -0.2) is 23.3 Å². The fourth-order valence-corrected chi connectivity index (χ4v) is 1.94. The van der Waals surface area contributed by atoms with Crippen molar-refractivity contribution in [1.82, 2.24) is 15.5 Å². The molecule has 1 atom stereocenters. The van der Waals surface area contributed by atoms with Crippen molar-refractivity contribution in [3.63, 3.8) is 0 Å². The predicted molar refractivity (Wildman–Crippen MR) is 76.1 cm³/mol. The van der Waals surface area contributed by atoms with Gasteiger partial charge >= 0.3 is 0 Å². The Morgan fingerprint density at radius 1 is 1.30 bits per heavy atom. The molecule has 0 radical (unpaired) electrons. The molecular weight excluding hydrogens is 254 g/mol. The Labute approximate surface area is 119 Å². The van der Waals surface area contributed by atoms with Crippen LogP contribution in [0.3, 0.4) is 0 Å². The minimum Gasteiger partial charge on any atom is -0.375 e. The summed E-state index contributed by atoms with van der Waals surface area (Å²) >= 11 is 0. The van der Waals surface area contributed by atoms with Crippen LogP contribution >= 0.6 is 0 Å². The second kappa shape index (κ2) is 7.77. The maximum absolute atomic E-state index is 5.04. The van der Waals surface area contributed by atoms with E-state index in [1.165, 1.54) is 5.56 Å². The molecule has 1 unspecified atom stereocenters. The van der Waals surface area contributed by atoms with E-state index in [0.717, 1.165) is 12.8 Å². The summed E-state index contributed by atoms with van der Waals surface area (Å²) in [6.07, 6.45) is 2.14. The van der Waals surface area contributed by atoms with E-state index in [1.54, 1.807) is 7.11 Å². The molecule has 1 aromatic carbocycles. The topological polar surface area (TPSA) is 60.2 Å². The largest absolute Gasteiger partial charge is 0.375 e. The highest BCUT2D eigenvalue weighted by Crippen LogP contribution is 2.05. The molecule has 2 aromatic rings. The standard InChI is InChI=1S/C15H21N3O2/c1-12(8-9-13-6-4-3-5-7-13)16-10-14-17-15(11-19-2)20-18-14/h3-7,12,16H,8-11H2,1-2H3. The summed E-state index contributed by atoms with van der Waals surface area (Å²) in [6.45, 7) is 3.14. The summed E-state index contributed by atoms with van der Waals surface area (Å²) < 4.78 is 9.98. The van der Waals surface area contributed by atoms with Gasteiger partial charge < -0.3 is 14.6 Å². The van der Waals surface area contributed by atoms with Crippen molar-refractivity contribution >= 4 is 0 Å². The number of nitrogens with one attached hydrogen (secondary N) is 1. The third kappa shape index (κ3) is 4.75. The van der Waals surface area contributed by atoms with Crippen molar-refractivity contribution < 1.29 is 9.26 Å². The number of hydrogen-bond donors (Lipinski definition) is 1. The Hall–Kier alpha value is -1.72. The number of aryl methyl sites for hydroxylation is 1. The first-order valence-corrected chi connectivity index (χ1v) is 6.85. The van der Waals surface area contributed by atoms with Gasteiger partial charge in [0.1, 0.15) is 6.61 Å². The molecule has 0 aliphatic heterocycles. The van der Waals surface area contributed by atoms with E-state index in [1.807, 2.05) is 6.07 Å². The van der Waals surface area contributed by atoms with Gasteiger partial charge in [0.2, 0.25) is 0 Å². The summed E-state index contributed by atoms with van der Waals surface area (Å²) in [5.74, 6) is 1.19. The van der Waals surface area contributed by atoms with Crippen LogP contribution < -0.4 is 5.32 Å². The first kappa shape index (κ1) is 14.7. The molecule has 2 rings (SSSR count). The molecule has 0 amide bonds. The van der Waals surface area contributed by atoms with Gasteiger partial charge in [0.25, 0.3) is 5.89 Å². The third-order valence-electron chi connectivity index (χ3n) is 3.10. The highest BCUT2D eigenvalue weighted by Gasteiger charge is 2.07. The molecule has 1 heterocycles. The Bertz CT molecular complexity index is 499. The molecule has 0 aliphatic carbocycles. The predicted octanol–water partition coefficient (Wildman–Crippen LogP) is 2.33. The lowest BCUT2D eigenvalue weighted by atomic mass is 10.1. The number of benzene rings is 1. The van der Waals surface area contributed by atoms with Gasteiger partial charge in [-0.15, -0.1) is 0 Å². The maximum Gasteiger partial charge on any atom is 0.252 e. The number of hydrogen-bond acceptors (Lipinski definition) is 5. The molecule has 108 valence electrons. The Morgan fingerprint density at radius 2 is 2.10 bits per heavy atom. The van der Waals surface area contributed by atoms with Crippen molar-refractivity contribution in [3.05, 3.63) is 47.6 Å². The molecule has 0 aliphatic rings. The highest BCUT2D eigenvalue weighted by atomic mass is 16.5. The van der Waals surface area contributed by atoms with E-state index in [2.05, 4.69) is 46.6 Å². The first-order valence-electron chi connectivity index (χ1n) is 6.85. The van der Waals surface area contributed by atoms with Crippen molar-refractivity contribution in [2.45, 2.75) is 39.0 Å². The molecule has 20 heavy (non-hydrogen) atoms. The average molecular weight is 275 g/mol. The second-order valence-corrected chi connectivity index (χ2v) is 4.84. The molecule has 1 N–H and O–H groups in total. The molecule has 0 fully saturated rings. The van der Waals surface area contributed by atoms with Gasteiger partial charge in [-0.2, -0.15) is 4.98 Å². The summed E-state index contributed by atoms with van der Waals surface area (Å²) in [6, 6.07) is 10.9. The zero-order valence-corrected chi connectivity index (χ0v) is 12.0. The number of aromatic nitrogens is 2. The van der Waals surface area contributed by atoms with Crippen LogP contribution in [0.4, 0.5) is 0 Å². The van der Waals surface area contributed by atoms with Crippen molar-refractivity contribution in [1.29, 1.82) is 0 Å². The minimum atomic E-state index is 0.358. The normalized spacial score (nSPS) is 12.5. The molecule has 5 nitrogen and oxygen atoms in total. The Kier molecular flexibility index (Phi) is 5.70. The van der Waals surface area contributed by atoms with Gasteiger partial charge in [-0.3, -0.25) is 0 Å². The zero-order valence-electron chi connectivity index (χ0n) is 12.0. The van der Waals surface area contributed by atoms with E-state index >= 15 is 0 Å². The van der Waals surface area contributed by atoms with E-state index in [-0.39, 0.29) is 0 Å². The first-order chi connectivity index (χ1) is 9.78. The van der Waals surface area contributed by atoms with Crippen molar-refractivity contribution in [3.8, 4) is 0 Å². The van der Waals surface area contributed by atoms with Gasteiger partial charge in [-0.25, -0.2) is 0 Å². The molecule has 0 spiro atoms. The number of ether oxygens (including phenoxy) is 1. The van der Waals surface area contributed by atoms with Crippen LogP contribution in [0.2, 0.25) is 0 Å². The third-order valence-corrected chi connectivity index (χ3v) is 3.10. The second-order valence-electron chi connectivity index (χ2n) is 4.84. The lowest BCUT2D eigenvalue weighted by Gasteiger charge is -2.12. The smallest absolute Gasteiger partial charge is 0.252 e. The number of methoxy groups -OCH3 is 1. The van der Waals surface area contributed by atoms with Crippen LogP contribution in [0.5, 0.6) is 0 Å². The zero-order chi connectivity index (χ0) is 14.2. The summed E-state index contributed by atoms with van der Waals surface area (Å²) in [5.41, 5.74) is 1.36. The minimum absolute atomic E-state index is 0.358. The van der Waals surface area contributed by atoms with Crippen LogP contribution in [0.1, 0.15) is 30.6 Å². The van der Waals surface area contributed by atoms with Crippen LogP contribution in [0.15, 0.2) is 34.9 Å². The van der Waals surface area contributed by atoms with Gasteiger partial charge in [0.05, 0.1) is 6.54 Å². The van der Waals surface area contributed by atoms with Gasteiger partial charge in [0, 0.05) is 13.2 Å². The van der Waals surface area contributed by atoms with Gasteiger partial charge in [-0.1, -0.05) is 35.5 Å². The summed E-state index contributed by atoms with van der Waals surface area (Å²) in [5, 5.41) is 7.30. The maximum atomic E-state index is 5.04. The van der Waals surface area contributed by atoms with Crippen molar-refractivity contribution in [2.75, 3.05) is 7.11 Å². The van der Waals surface area contributed by atoms with Crippen molar-refractivity contribution in [2.24, 2.45) is 0 Å². The summed E-state index contributed by atoms with van der Waals surface area (Å²) in [7, 11) is 1.60. The van der Waals surface area contributed by atoms with Crippen LogP contribution in [0.25, 0.3) is 0 Å². The quantitative estimate of drug-likeness (QED) is 0.801. The van der Waals surface area contributed by atoms with E-state index < -0.39 is 0 Å². The summed E-state index contributed by atoms with van der Waals surface area (Å²) in [4.78, 5) is 4.22. The molecular formula is C15H21N3O2. The highest BCUT2D eigenvalue weighted by molar-refractivity contribution is 5.14. The Morgan fingerprint density at radius 3 is 2.85 bits per heavy atom. The lowest BCUT2D eigenvalue weighted by Crippen LogP contribution is -2.26. The van der Waals surface area contributed by atoms with Crippen LogP contribution in [-0.2, 0) is 24.3 Å². The SMILES string of the molecule is COCc1nc(CNC(C)CCc2ccccc2)no1. The monoisotopic (exact) mass is 275 g/mol. The lowest BCUT2D eigenvalue weighted by molar-refractivity contribution is 0.151. The average Bonchev–Trinajstić information content (AvgIpc) is 2.92. The molecule has 1 aromatic heterocycles. The van der Waals surface area contributed by atoms with Crippen LogP contribution in [0, 0.1) is 0 Å². The number of rotatable bonds is 8. The molecule has 0 saturated heterocycles. The Balaban J connectivity index is 1.70. The van der Waals surface area contributed by atoms with E-state index in [0.29, 0.717) is 30.9 Å². The van der Waals surface area contributed by atoms with Gasteiger partial charge in [0.15, 0.2) is 5.82 Å². The van der Waals surface area contributed by atoms with Gasteiger partial charge in [-0.05, 0) is 25.3 Å². The molecule has 0 bridgehead atoms. The number of nitrogens with zero attached hydrogens (tertiary/aromatic N) is 2. The fourth-order valence-electron chi connectivity index (χ4n) is 1.94. The van der Waals surface area contributed by atoms with E-state index in [4.69, 9.17) is 9.26 Å². The molecule has 5 heteroatoms. The van der Waals surface area contributed by atoms with E-state index in [9.17, 15) is 0 Å². The fraction of sp³-hybridized carbons (Fsp3) is 0.467.